The van der Waals surface area contributed by atoms with Crippen molar-refractivity contribution in [3.8, 4) is 11.8 Å². The number of halogens is 1. The van der Waals surface area contributed by atoms with Crippen LogP contribution in [0.25, 0.3) is 5.70 Å². The number of benzene rings is 1. The monoisotopic (exact) mass is 430 g/mol. The zero-order valence-corrected chi connectivity index (χ0v) is 17.9. The second-order valence-electron chi connectivity index (χ2n) is 8.18. The Morgan fingerprint density at radius 3 is 2.29 bits per heavy atom. The Kier molecular flexibility index (Phi) is 6.94. The van der Waals surface area contributed by atoms with Crippen molar-refractivity contribution in [2.24, 2.45) is 0 Å². The normalized spacial score (nSPS) is 14.6. The molecule has 1 aromatic carbocycles. The Balaban J connectivity index is 1.43. The van der Waals surface area contributed by atoms with Crippen LogP contribution in [0.15, 0.2) is 43.0 Å². The van der Waals surface area contributed by atoms with Gasteiger partial charge in [-0.1, -0.05) is 6.58 Å². The highest BCUT2D eigenvalue weighted by molar-refractivity contribution is 5.68. The fourth-order valence-electron chi connectivity index (χ4n) is 2.90. The van der Waals surface area contributed by atoms with Crippen molar-refractivity contribution in [2.45, 2.75) is 45.3 Å². The van der Waals surface area contributed by atoms with Gasteiger partial charge in [-0.15, -0.1) is 10.2 Å². The number of rotatable bonds is 6. The van der Waals surface area contributed by atoms with E-state index in [1.54, 1.807) is 29.2 Å². The van der Waals surface area contributed by atoms with Crippen molar-refractivity contribution in [2.75, 3.05) is 13.1 Å². The van der Waals surface area contributed by atoms with Crippen LogP contribution in [0.5, 0.6) is 11.8 Å². The van der Waals surface area contributed by atoms with Gasteiger partial charge in [0.1, 0.15) is 17.5 Å². The summed E-state index contributed by atoms with van der Waals surface area (Å²) < 4.78 is 24.2. The first-order valence-corrected chi connectivity index (χ1v) is 10.1. The van der Waals surface area contributed by atoms with Gasteiger partial charge in [-0.25, -0.2) is 14.7 Å². The van der Waals surface area contributed by atoms with Crippen molar-refractivity contribution in [3.63, 3.8) is 0 Å². The Labute approximate surface area is 181 Å². The number of hydroxylamine groups is 1. The summed E-state index contributed by atoms with van der Waals surface area (Å²) in [6.07, 6.45) is 0.995. The summed E-state index contributed by atoms with van der Waals surface area (Å²) in [4.78, 5) is 19.2. The molecule has 1 aromatic heterocycles. The van der Waals surface area contributed by atoms with Gasteiger partial charge in [0.05, 0.1) is 5.70 Å². The standard InChI is InChI=1S/C22H27FN4O4/c1-15(16-5-7-17(23)8-6-16)26-31-20-10-9-19(24-25-20)29-18-11-13-27(14-12-18)21(28)30-22(2,3)4/h5-10,18,26H,1,11-14H2,2-4H3. The highest BCUT2D eigenvalue weighted by atomic mass is 19.1. The molecule has 0 atom stereocenters. The van der Waals surface area contributed by atoms with E-state index < -0.39 is 5.60 Å². The Morgan fingerprint density at radius 2 is 1.71 bits per heavy atom. The molecular weight excluding hydrogens is 403 g/mol. The molecule has 3 rings (SSSR count). The van der Waals surface area contributed by atoms with Gasteiger partial charge >= 0.3 is 6.09 Å². The lowest BCUT2D eigenvalue weighted by Gasteiger charge is -2.33. The number of nitrogens with one attached hydrogen (secondary N) is 1. The average molecular weight is 430 g/mol. The second-order valence-corrected chi connectivity index (χ2v) is 8.18. The molecule has 0 spiro atoms. The third-order valence-electron chi connectivity index (χ3n) is 4.47. The van der Waals surface area contributed by atoms with Crippen molar-refractivity contribution in [1.82, 2.24) is 20.6 Å². The van der Waals surface area contributed by atoms with Gasteiger partial charge in [0.15, 0.2) is 0 Å². The molecule has 1 N–H and O–H groups in total. The Bertz CT molecular complexity index is 889. The first kappa shape index (κ1) is 22.3. The number of amides is 1. The van der Waals surface area contributed by atoms with E-state index in [0.29, 0.717) is 43.1 Å². The number of hydrogen-bond donors (Lipinski definition) is 1. The topological polar surface area (TPSA) is 85.8 Å². The second kappa shape index (κ2) is 9.63. The summed E-state index contributed by atoms with van der Waals surface area (Å²) in [5.41, 5.74) is 3.29. The Hall–Kier alpha value is -3.36. The van der Waals surface area contributed by atoms with Gasteiger partial charge in [0.2, 0.25) is 5.88 Å². The van der Waals surface area contributed by atoms with Gasteiger partial charge in [-0.2, -0.15) is 0 Å². The molecule has 1 aliphatic rings. The average Bonchev–Trinajstić information content (AvgIpc) is 2.73. The van der Waals surface area contributed by atoms with Crippen LogP contribution in [-0.2, 0) is 4.74 Å². The van der Waals surface area contributed by atoms with Gasteiger partial charge in [0, 0.05) is 43.6 Å². The molecule has 0 unspecified atom stereocenters. The lowest BCUT2D eigenvalue weighted by molar-refractivity contribution is 0.0122. The molecule has 2 heterocycles. The predicted molar refractivity (Wildman–Crippen MR) is 113 cm³/mol. The quantitative estimate of drug-likeness (QED) is 0.695. The molecule has 31 heavy (non-hydrogen) atoms. The van der Waals surface area contributed by atoms with Crippen LogP contribution in [0.1, 0.15) is 39.2 Å². The molecule has 0 saturated carbocycles. The summed E-state index contributed by atoms with van der Waals surface area (Å²) in [6, 6.07) is 9.13. The van der Waals surface area contributed by atoms with Crippen molar-refractivity contribution >= 4 is 11.8 Å². The Morgan fingerprint density at radius 1 is 1.10 bits per heavy atom. The molecule has 0 radical (unpaired) electrons. The van der Waals surface area contributed by atoms with Crippen LogP contribution in [0.2, 0.25) is 0 Å². The van der Waals surface area contributed by atoms with E-state index in [2.05, 4.69) is 22.3 Å². The van der Waals surface area contributed by atoms with E-state index in [-0.39, 0.29) is 23.9 Å². The zero-order chi connectivity index (χ0) is 22.4. The molecule has 2 aromatic rings. The van der Waals surface area contributed by atoms with E-state index in [1.807, 2.05) is 20.8 Å². The highest BCUT2D eigenvalue weighted by Crippen LogP contribution is 2.20. The largest absolute Gasteiger partial charge is 0.473 e. The summed E-state index contributed by atoms with van der Waals surface area (Å²) >= 11 is 0. The maximum absolute atomic E-state index is 13.0. The first-order valence-electron chi connectivity index (χ1n) is 10.1. The van der Waals surface area contributed by atoms with Crippen LogP contribution in [0, 0.1) is 5.82 Å². The van der Waals surface area contributed by atoms with Crippen LogP contribution >= 0.6 is 0 Å². The third-order valence-corrected chi connectivity index (χ3v) is 4.47. The number of hydrogen-bond acceptors (Lipinski definition) is 7. The number of ether oxygens (including phenoxy) is 2. The fourth-order valence-corrected chi connectivity index (χ4v) is 2.90. The van der Waals surface area contributed by atoms with E-state index >= 15 is 0 Å². The third kappa shape index (κ3) is 6.84. The summed E-state index contributed by atoms with van der Waals surface area (Å²) in [6.45, 7) is 10.5. The van der Waals surface area contributed by atoms with E-state index in [1.165, 1.54) is 12.1 Å². The number of likely N-dealkylation sites (tertiary alicyclic amines) is 1. The number of carbonyl (C=O) groups is 1. The molecule has 8 nitrogen and oxygen atoms in total. The summed E-state index contributed by atoms with van der Waals surface area (Å²) in [5.74, 6) is 0.283. The molecule has 1 fully saturated rings. The summed E-state index contributed by atoms with van der Waals surface area (Å²) in [5, 5.41) is 7.98. The first-order chi connectivity index (χ1) is 14.7. The predicted octanol–water partition coefficient (Wildman–Crippen LogP) is 3.95. The summed E-state index contributed by atoms with van der Waals surface area (Å²) in [7, 11) is 0. The SMILES string of the molecule is C=C(NOc1ccc(OC2CCN(C(=O)OC(C)(C)C)CC2)nn1)c1ccc(F)cc1. The minimum atomic E-state index is -0.510. The molecule has 1 amide bonds. The fraction of sp³-hybridized carbons (Fsp3) is 0.409. The van der Waals surface area contributed by atoms with Crippen LogP contribution < -0.4 is 15.1 Å². The van der Waals surface area contributed by atoms with Crippen molar-refractivity contribution in [1.29, 1.82) is 0 Å². The minimum absolute atomic E-state index is 0.0591. The molecule has 1 aliphatic heterocycles. The molecule has 1 saturated heterocycles. The molecular formula is C22H27FN4O4. The number of aromatic nitrogens is 2. The van der Waals surface area contributed by atoms with Crippen LogP contribution in [0.4, 0.5) is 9.18 Å². The molecule has 9 heteroatoms. The minimum Gasteiger partial charge on any atom is -0.473 e. The molecule has 0 aliphatic carbocycles. The van der Waals surface area contributed by atoms with Gasteiger partial charge in [-0.3, -0.25) is 0 Å². The number of nitrogens with zero attached hydrogens (tertiary/aromatic N) is 3. The highest BCUT2D eigenvalue weighted by Gasteiger charge is 2.27. The lowest BCUT2D eigenvalue weighted by Crippen LogP contribution is -2.44. The number of piperidine rings is 1. The van der Waals surface area contributed by atoms with Crippen molar-refractivity contribution in [3.05, 3.63) is 54.4 Å². The molecule has 166 valence electrons. The van der Waals surface area contributed by atoms with Gasteiger partial charge < -0.3 is 19.2 Å². The molecule has 0 bridgehead atoms. The smallest absolute Gasteiger partial charge is 0.410 e. The van der Waals surface area contributed by atoms with Gasteiger partial charge in [-0.05, 0) is 45.0 Å². The lowest BCUT2D eigenvalue weighted by atomic mass is 10.1. The maximum Gasteiger partial charge on any atom is 0.410 e. The van der Waals surface area contributed by atoms with Crippen LogP contribution in [0.3, 0.4) is 0 Å². The number of carbonyl (C=O) groups excluding carboxylic acids is 1. The van der Waals surface area contributed by atoms with E-state index in [9.17, 15) is 9.18 Å². The zero-order valence-electron chi connectivity index (χ0n) is 17.9. The van der Waals surface area contributed by atoms with E-state index in [4.69, 9.17) is 14.3 Å². The van der Waals surface area contributed by atoms with E-state index in [0.717, 1.165) is 0 Å². The maximum atomic E-state index is 13.0. The van der Waals surface area contributed by atoms with Crippen molar-refractivity contribution < 1.29 is 23.5 Å². The van der Waals surface area contributed by atoms with Crippen LogP contribution in [-0.4, -0.2) is 46.0 Å². The van der Waals surface area contributed by atoms with Gasteiger partial charge in [0.25, 0.3) is 5.88 Å².